The van der Waals surface area contributed by atoms with Gasteiger partial charge in [0.2, 0.25) is 5.88 Å². The zero-order chi connectivity index (χ0) is 12.4. The van der Waals surface area contributed by atoms with Crippen LogP contribution in [0.15, 0.2) is 18.3 Å². The van der Waals surface area contributed by atoms with Crippen molar-refractivity contribution < 1.29 is 4.74 Å². The quantitative estimate of drug-likeness (QED) is 0.789. The van der Waals surface area contributed by atoms with E-state index in [0.29, 0.717) is 17.2 Å². The summed E-state index contributed by atoms with van der Waals surface area (Å²) in [6.07, 6.45) is 1.55. The van der Waals surface area contributed by atoms with Crippen molar-refractivity contribution in [3.63, 3.8) is 0 Å². The second-order valence-electron chi connectivity index (χ2n) is 3.72. The molecule has 0 bridgehead atoms. The molecule has 17 heavy (non-hydrogen) atoms. The third-order valence-corrected chi connectivity index (χ3v) is 2.51. The molecule has 0 atom stereocenters. The smallest absolute Gasteiger partial charge is 0.220 e. The van der Waals surface area contributed by atoms with Crippen LogP contribution in [-0.4, -0.2) is 14.8 Å². The number of ether oxygens (including phenoxy) is 1. The molecule has 0 saturated carbocycles. The largest absolute Gasteiger partial charge is 0.435 e. The number of aromatic nitrogens is 3. The number of hydrogen-bond donors (Lipinski definition) is 0. The van der Waals surface area contributed by atoms with Crippen LogP contribution in [0.25, 0.3) is 0 Å². The molecule has 0 aliphatic rings. The molecule has 2 aromatic heterocycles. The fraction of sp³-hybridized carbons (Fsp3) is 0.250. The van der Waals surface area contributed by atoms with Crippen molar-refractivity contribution in [3.8, 4) is 17.7 Å². The summed E-state index contributed by atoms with van der Waals surface area (Å²) in [5.74, 6) is 1.10. The second kappa shape index (κ2) is 4.26. The topological polar surface area (TPSA) is 63.7 Å². The summed E-state index contributed by atoms with van der Waals surface area (Å²) in [7, 11) is 1.86. The number of rotatable bonds is 2. The fourth-order valence-corrected chi connectivity index (χ4v) is 1.54. The zero-order valence-electron chi connectivity index (χ0n) is 9.93. The second-order valence-corrected chi connectivity index (χ2v) is 3.72. The number of hydrogen-bond acceptors (Lipinski definition) is 4. The molecule has 2 rings (SSSR count). The minimum Gasteiger partial charge on any atom is -0.435 e. The molecular weight excluding hydrogens is 216 g/mol. The van der Waals surface area contributed by atoms with Gasteiger partial charge in [0.25, 0.3) is 0 Å². The van der Waals surface area contributed by atoms with Gasteiger partial charge in [0, 0.05) is 19.3 Å². The predicted molar refractivity (Wildman–Crippen MR) is 61.7 cm³/mol. The van der Waals surface area contributed by atoms with Gasteiger partial charge in [-0.25, -0.2) is 4.98 Å². The minimum absolute atomic E-state index is 0.406. The molecule has 0 aliphatic carbocycles. The number of nitrogens with zero attached hydrogens (tertiary/aromatic N) is 4. The Hall–Kier alpha value is -2.35. The van der Waals surface area contributed by atoms with Gasteiger partial charge in [0.05, 0.1) is 17.3 Å². The van der Waals surface area contributed by atoms with E-state index in [0.717, 1.165) is 11.4 Å². The summed E-state index contributed by atoms with van der Waals surface area (Å²) in [5.41, 5.74) is 2.25. The van der Waals surface area contributed by atoms with Gasteiger partial charge >= 0.3 is 0 Å². The fourth-order valence-electron chi connectivity index (χ4n) is 1.54. The van der Waals surface area contributed by atoms with E-state index < -0.39 is 0 Å². The van der Waals surface area contributed by atoms with Gasteiger partial charge in [-0.05, 0) is 19.9 Å². The van der Waals surface area contributed by atoms with Crippen LogP contribution < -0.4 is 4.74 Å². The predicted octanol–water partition coefficient (Wildman–Crippen LogP) is 2.10. The Morgan fingerprint density at radius 1 is 1.41 bits per heavy atom. The summed E-state index contributed by atoms with van der Waals surface area (Å²) < 4.78 is 7.41. The van der Waals surface area contributed by atoms with Crippen molar-refractivity contribution in [2.24, 2.45) is 7.05 Å². The van der Waals surface area contributed by atoms with Gasteiger partial charge < -0.3 is 4.74 Å². The highest BCUT2D eigenvalue weighted by Crippen LogP contribution is 2.26. The van der Waals surface area contributed by atoms with Crippen LogP contribution in [0.5, 0.6) is 11.6 Å². The van der Waals surface area contributed by atoms with Crippen LogP contribution in [-0.2, 0) is 7.05 Å². The molecule has 0 aromatic carbocycles. The van der Waals surface area contributed by atoms with Gasteiger partial charge in [-0.3, -0.25) is 4.68 Å². The molecule has 0 saturated heterocycles. The van der Waals surface area contributed by atoms with E-state index in [-0.39, 0.29) is 0 Å². The lowest BCUT2D eigenvalue weighted by Crippen LogP contribution is -1.94. The number of pyridine rings is 1. The van der Waals surface area contributed by atoms with E-state index in [1.807, 2.05) is 27.0 Å². The first-order valence-corrected chi connectivity index (χ1v) is 5.16. The van der Waals surface area contributed by atoms with E-state index >= 15 is 0 Å². The Morgan fingerprint density at radius 2 is 2.18 bits per heavy atom. The Morgan fingerprint density at radius 3 is 2.76 bits per heavy atom. The van der Waals surface area contributed by atoms with E-state index in [2.05, 4.69) is 10.1 Å². The van der Waals surface area contributed by atoms with Gasteiger partial charge in [-0.2, -0.15) is 10.4 Å². The van der Waals surface area contributed by atoms with Crippen LogP contribution in [0.2, 0.25) is 0 Å². The molecule has 0 spiro atoms. The maximum atomic E-state index is 8.79. The SMILES string of the molecule is Cc1nn(C)c(C)c1Oc1cc(C#N)ccn1. The molecule has 0 amide bonds. The number of nitriles is 1. The van der Waals surface area contributed by atoms with Crippen molar-refractivity contribution in [3.05, 3.63) is 35.3 Å². The Bertz CT molecular complexity index is 595. The molecule has 5 nitrogen and oxygen atoms in total. The summed E-state index contributed by atoms with van der Waals surface area (Å²) in [6, 6.07) is 5.28. The lowest BCUT2D eigenvalue weighted by Gasteiger charge is -2.04. The standard InChI is InChI=1S/C12H12N4O/c1-8-12(9(2)16(3)15-8)17-11-6-10(7-13)4-5-14-11/h4-6H,1-3H3. The average molecular weight is 228 g/mol. The van der Waals surface area contributed by atoms with Crippen molar-refractivity contribution in [1.29, 1.82) is 5.26 Å². The molecule has 0 fully saturated rings. The maximum Gasteiger partial charge on any atom is 0.220 e. The molecule has 5 heteroatoms. The first-order chi connectivity index (χ1) is 8.11. The van der Waals surface area contributed by atoms with Crippen LogP contribution in [0.4, 0.5) is 0 Å². The summed E-state index contributed by atoms with van der Waals surface area (Å²) in [5, 5.41) is 13.0. The van der Waals surface area contributed by atoms with E-state index in [4.69, 9.17) is 10.00 Å². The molecule has 0 N–H and O–H groups in total. The molecule has 0 radical (unpaired) electrons. The van der Waals surface area contributed by atoms with Gasteiger partial charge in [-0.15, -0.1) is 0 Å². The first kappa shape index (κ1) is 11.1. The molecule has 2 aromatic rings. The minimum atomic E-state index is 0.406. The first-order valence-electron chi connectivity index (χ1n) is 5.16. The van der Waals surface area contributed by atoms with Crippen molar-refractivity contribution in [2.45, 2.75) is 13.8 Å². The Labute approximate surface area is 99.3 Å². The lowest BCUT2D eigenvalue weighted by atomic mass is 10.3. The zero-order valence-corrected chi connectivity index (χ0v) is 9.93. The van der Waals surface area contributed by atoms with Gasteiger partial charge in [-0.1, -0.05) is 0 Å². The van der Waals surface area contributed by atoms with E-state index in [9.17, 15) is 0 Å². The van der Waals surface area contributed by atoms with Crippen molar-refractivity contribution in [2.75, 3.05) is 0 Å². The van der Waals surface area contributed by atoms with Crippen molar-refractivity contribution in [1.82, 2.24) is 14.8 Å². The average Bonchev–Trinajstić information content (AvgIpc) is 2.56. The van der Waals surface area contributed by atoms with Gasteiger partial charge in [0.15, 0.2) is 5.75 Å². The molecule has 86 valence electrons. The van der Waals surface area contributed by atoms with Crippen LogP contribution in [0.1, 0.15) is 17.0 Å². The van der Waals surface area contributed by atoms with Crippen molar-refractivity contribution >= 4 is 0 Å². The molecular formula is C12H12N4O. The lowest BCUT2D eigenvalue weighted by molar-refractivity contribution is 0.455. The Balaban J connectivity index is 2.35. The van der Waals surface area contributed by atoms with E-state index in [1.54, 1.807) is 23.0 Å². The van der Waals surface area contributed by atoms with Crippen LogP contribution >= 0.6 is 0 Å². The highest BCUT2D eigenvalue weighted by atomic mass is 16.5. The summed E-state index contributed by atoms with van der Waals surface area (Å²) >= 11 is 0. The monoisotopic (exact) mass is 228 g/mol. The van der Waals surface area contributed by atoms with Crippen LogP contribution in [0, 0.1) is 25.2 Å². The number of aryl methyl sites for hydroxylation is 2. The highest BCUT2D eigenvalue weighted by Gasteiger charge is 2.12. The van der Waals surface area contributed by atoms with E-state index in [1.165, 1.54) is 0 Å². The highest BCUT2D eigenvalue weighted by molar-refractivity contribution is 5.37. The normalized spacial score (nSPS) is 10.0. The van der Waals surface area contributed by atoms with Crippen LogP contribution in [0.3, 0.4) is 0 Å². The third kappa shape index (κ3) is 2.11. The molecule has 0 unspecified atom stereocenters. The summed E-state index contributed by atoms with van der Waals surface area (Å²) in [4.78, 5) is 4.06. The Kier molecular flexibility index (Phi) is 2.79. The third-order valence-electron chi connectivity index (χ3n) is 2.51. The van der Waals surface area contributed by atoms with Gasteiger partial charge in [0.1, 0.15) is 5.69 Å². The molecule has 2 heterocycles. The maximum absolute atomic E-state index is 8.79. The summed E-state index contributed by atoms with van der Waals surface area (Å²) in [6.45, 7) is 3.79. The molecule has 0 aliphatic heterocycles.